The van der Waals surface area contributed by atoms with E-state index in [0.29, 0.717) is 0 Å². The van der Waals surface area contributed by atoms with Crippen molar-refractivity contribution in [3.05, 3.63) is 22.4 Å². The Morgan fingerprint density at radius 3 is 2.75 bits per heavy atom. The molecule has 2 aliphatic rings. The van der Waals surface area contributed by atoms with Gasteiger partial charge in [-0.15, -0.1) is 11.3 Å². The van der Waals surface area contributed by atoms with Gasteiger partial charge in [-0.3, -0.25) is 4.90 Å². The number of nitrogens with zero attached hydrogens (tertiary/aromatic N) is 1. The van der Waals surface area contributed by atoms with Crippen molar-refractivity contribution < 1.29 is 0 Å². The van der Waals surface area contributed by atoms with Crippen LogP contribution in [0, 0.1) is 5.92 Å². The summed E-state index contributed by atoms with van der Waals surface area (Å²) in [4.78, 5) is 3.98. The van der Waals surface area contributed by atoms with E-state index in [2.05, 4.69) is 22.4 Å². The number of rotatable bonds is 6. The molecule has 0 amide bonds. The van der Waals surface area contributed by atoms with Gasteiger partial charge in [-0.05, 0) is 43.0 Å². The van der Waals surface area contributed by atoms with E-state index in [1.807, 2.05) is 0 Å². The molecule has 0 saturated heterocycles. The number of hydrogen-bond donors (Lipinski definition) is 1. The first kappa shape index (κ1) is 10.8. The van der Waals surface area contributed by atoms with Crippen LogP contribution in [0.25, 0.3) is 0 Å². The van der Waals surface area contributed by atoms with E-state index in [-0.39, 0.29) is 6.04 Å². The summed E-state index contributed by atoms with van der Waals surface area (Å²) < 4.78 is 0. The van der Waals surface area contributed by atoms with Crippen molar-refractivity contribution in [3.63, 3.8) is 0 Å². The van der Waals surface area contributed by atoms with E-state index in [4.69, 9.17) is 5.73 Å². The van der Waals surface area contributed by atoms with Crippen molar-refractivity contribution >= 4 is 11.3 Å². The van der Waals surface area contributed by atoms with Crippen LogP contribution in [-0.4, -0.2) is 24.0 Å². The highest BCUT2D eigenvalue weighted by molar-refractivity contribution is 7.10. The molecule has 1 atom stereocenters. The maximum atomic E-state index is 6.27. The Kier molecular flexibility index (Phi) is 3.01. The average Bonchev–Trinajstić information content (AvgIpc) is 3.18. The van der Waals surface area contributed by atoms with Gasteiger partial charge >= 0.3 is 0 Å². The van der Waals surface area contributed by atoms with Crippen LogP contribution in [0.4, 0.5) is 0 Å². The van der Waals surface area contributed by atoms with Gasteiger partial charge in [0.05, 0.1) is 6.04 Å². The zero-order chi connectivity index (χ0) is 11.0. The molecule has 2 saturated carbocycles. The molecule has 0 radical (unpaired) electrons. The summed E-state index contributed by atoms with van der Waals surface area (Å²) in [6.07, 6.45) is 5.67. The second kappa shape index (κ2) is 4.47. The van der Waals surface area contributed by atoms with Crippen LogP contribution in [-0.2, 0) is 0 Å². The van der Waals surface area contributed by atoms with Gasteiger partial charge < -0.3 is 5.73 Å². The molecule has 88 valence electrons. The maximum absolute atomic E-state index is 6.27. The van der Waals surface area contributed by atoms with Crippen LogP contribution >= 0.6 is 11.3 Å². The molecule has 2 N–H and O–H groups in total. The van der Waals surface area contributed by atoms with E-state index < -0.39 is 0 Å². The topological polar surface area (TPSA) is 29.3 Å². The van der Waals surface area contributed by atoms with E-state index in [1.54, 1.807) is 11.3 Å². The standard InChI is InChI=1S/C13H20N2S/c14-12(13-2-1-7-16-13)9-15(11-5-6-11)8-10-3-4-10/h1-2,7,10-12H,3-6,8-9,14H2. The summed E-state index contributed by atoms with van der Waals surface area (Å²) >= 11 is 1.79. The van der Waals surface area contributed by atoms with Crippen LogP contribution in [0.3, 0.4) is 0 Å². The molecule has 0 aromatic carbocycles. The lowest BCUT2D eigenvalue weighted by Crippen LogP contribution is -2.35. The van der Waals surface area contributed by atoms with Crippen molar-refractivity contribution in [2.45, 2.75) is 37.8 Å². The van der Waals surface area contributed by atoms with Crippen molar-refractivity contribution in [2.24, 2.45) is 11.7 Å². The van der Waals surface area contributed by atoms with Crippen LogP contribution in [0.5, 0.6) is 0 Å². The lowest BCUT2D eigenvalue weighted by Gasteiger charge is -2.25. The molecule has 1 aromatic heterocycles. The zero-order valence-corrected chi connectivity index (χ0v) is 10.5. The van der Waals surface area contributed by atoms with Crippen molar-refractivity contribution in [2.75, 3.05) is 13.1 Å². The summed E-state index contributed by atoms with van der Waals surface area (Å²) in [6.45, 7) is 2.35. The minimum atomic E-state index is 0.222. The van der Waals surface area contributed by atoms with Crippen molar-refractivity contribution in [1.82, 2.24) is 4.90 Å². The average molecular weight is 236 g/mol. The van der Waals surface area contributed by atoms with Crippen molar-refractivity contribution in [1.29, 1.82) is 0 Å². The molecule has 3 rings (SSSR count). The normalized spacial score (nSPS) is 22.6. The van der Waals surface area contributed by atoms with Gasteiger partial charge in [-0.25, -0.2) is 0 Å². The molecular weight excluding hydrogens is 216 g/mol. The Hall–Kier alpha value is -0.380. The van der Waals surface area contributed by atoms with Crippen LogP contribution < -0.4 is 5.73 Å². The van der Waals surface area contributed by atoms with E-state index in [9.17, 15) is 0 Å². The second-order valence-electron chi connectivity index (χ2n) is 5.25. The lowest BCUT2D eigenvalue weighted by molar-refractivity contribution is 0.238. The third kappa shape index (κ3) is 2.65. The first-order chi connectivity index (χ1) is 7.83. The molecule has 2 fully saturated rings. The molecule has 3 heteroatoms. The third-order valence-corrected chi connectivity index (χ3v) is 4.60. The summed E-state index contributed by atoms with van der Waals surface area (Å²) in [6, 6.07) is 5.34. The highest BCUT2D eigenvalue weighted by atomic mass is 32.1. The SMILES string of the molecule is NC(CN(CC1CC1)C1CC1)c1cccs1. The van der Waals surface area contributed by atoms with Crippen molar-refractivity contribution in [3.8, 4) is 0 Å². The highest BCUT2D eigenvalue weighted by Crippen LogP contribution is 2.35. The predicted molar refractivity (Wildman–Crippen MR) is 68.6 cm³/mol. The van der Waals surface area contributed by atoms with Gasteiger partial charge in [-0.2, -0.15) is 0 Å². The van der Waals surface area contributed by atoms with Crippen LogP contribution in [0.1, 0.15) is 36.6 Å². The summed E-state index contributed by atoms with van der Waals surface area (Å²) in [7, 11) is 0. The lowest BCUT2D eigenvalue weighted by atomic mass is 10.2. The fraction of sp³-hybridized carbons (Fsp3) is 0.692. The van der Waals surface area contributed by atoms with E-state index >= 15 is 0 Å². The highest BCUT2D eigenvalue weighted by Gasteiger charge is 2.34. The second-order valence-corrected chi connectivity index (χ2v) is 6.23. The fourth-order valence-electron chi connectivity index (χ4n) is 2.29. The van der Waals surface area contributed by atoms with Gasteiger partial charge in [0.2, 0.25) is 0 Å². The summed E-state index contributed by atoms with van der Waals surface area (Å²) in [5.41, 5.74) is 6.27. The quantitative estimate of drug-likeness (QED) is 0.822. The number of nitrogens with two attached hydrogens (primary N) is 1. The smallest absolute Gasteiger partial charge is 0.0519 e. The number of hydrogen-bond acceptors (Lipinski definition) is 3. The minimum Gasteiger partial charge on any atom is -0.322 e. The Morgan fingerprint density at radius 1 is 1.38 bits per heavy atom. The molecule has 1 unspecified atom stereocenters. The van der Waals surface area contributed by atoms with Crippen LogP contribution in [0.2, 0.25) is 0 Å². The van der Waals surface area contributed by atoms with E-state index in [1.165, 1.54) is 37.1 Å². The predicted octanol–water partition coefficient (Wildman–Crippen LogP) is 2.62. The Labute approximate surface area is 101 Å². The Balaban J connectivity index is 1.57. The largest absolute Gasteiger partial charge is 0.322 e. The van der Waals surface area contributed by atoms with E-state index in [0.717, 1.165) is 18.5 Å². The molecule has 1 aromatic rings. The fourth-order valence-corrected chi connectivity index (χ4v) is 3.01. The minimum absolute atomic E-state index is 0.222. The van der Waals surface area contributed by atoms with Gasteiger partial charge in [0.15, 0.2) is 0 Å². The first-order valence-electron chi connectivity index (χ1n) is 6.36. The summed E-state index contributed by atoms with van der Waals surface area (Å²) in [5, 5.41) is 2.12. The molecule has 2 aliphatic carbocycles. The zero-order valence-electron chi connectivity index (χ0n) is 9.64. The molecule has 2 nitrogen and oxygen atoms in total. The van der Waals surface area contributed by atoms with Crippen LogP contribution in [0.15, 0.2) is 17.5 Å². The van der Waals surface area contributed by atoms with Gasteiger partial charge in [-0.1, -0.05) is 6.07 Å². The first-order valence-corrected chi connectivity index (χ1v) is 7.24. The number of thiophene rings is 1. The molecule has 16 heavy (non-hydrogen) atoms. The third-order valence-electron chi connectivity index (χ3n) is 3.59. The molecule has 1 heterocycles. The Morgan fingerprint density at radius 2 is 2.19 bits per heavy atom. The van der Waals surface area contributed by atoms with Gasteiger partial charge in [0, 0.05) is 24.0 Å². The molecule has 0 bridgehead atoms. The molecule has 0 spiro atoms. The molecular formula is C13H20N2S. The maximum Gasteiger partial charge on any atom is 0.0519 e. The monoisotopic (exact) mass is 236 g/mol. The Bertz CT molecular complexity index is 328. The molecule has 0 aliphatic heterocycles. The van der Waals surface area contributed by atoms with Gasteiger partial charge in [0.1, 0.15) is 0 Å². The van der Waals surface area contributed by atoms with Gasteiger partial charge in [0.25, 0.3) is 0 Å². The summed E-state index contributed by atoms with van der Waals surface area (Å²) in [5.74, 6) is 0.983.